The summed E-state index contributed by atoms with van der Waals surface area (Å²) in [6.45, 7) is 2.14. The van der Waals surface area contributed by atoms with Gasteiger partial charge in [0.05, 0.1) is 6.20 Å². The van der Waals surface area contributed by atoms with Gasteiger partial charge in [-0.1, -0.05) is 15.9 Å². The molecule has 3 heterocycles. The molecule has 1 saturated heterocycles. The summed E-state index contributed by atoms with van der Waals surface area (Å²) in [6.07, 6.45) is 6.22. The summed E-state index contributed by atoms with van der Waals surface area (Å²) in [5.41, 5.74) is 0.911. The van der Waals surface area contributed by atoms with Gasteiger partial charge in [-0.3, -0.25) is 0 Å². The van der Waals surface area contributed by atoms with E-state index in [1.54, 1.807) is 10.7 Å². The van der Waals surface area contributed by atoms with Crippen LogP contribution < -0.4 is 4.90 Å². The van der Waals surface area contributed by atoms with Crippen molar-refractivity contribution in [2.24, 2.45) is 0 Å². The molecule has 84 valence electrons. The Bertz CT molecular complexity index is 495. The van der Waals surface area contributed by atoms with Crippen LogP contribution in [0.1, 0.15) is 12.8 Å². The van der Waals surface area contributed by atoms with Crippen molar-refractivity contribution >= 4 is 27.4 Å². The van der Waals surface area contributed by atoms with Gasteiger partial charge < -0.3 is 4.90 Å². The molecule has 0 saturated carbocycles. The first kappa shape index (κ1) is 10.1. The van der Waals surface area contributed by atoms with Crippen LogP contribution in [0.2, 0.25) is 0 Å². The largest absolute Gasteiger partial charge is 0.355 e. The average molecular weight is 281 g/mol. The second-order valence-corrected chi connectivity index (χ2v) is 5.40. The lowest BCUT2D eigenvalue weighted by Crippen LogP contribution is -2.36. The molecule has 16 heavy (non-hydrogen) atoms. The first-order chi connectivity index (χ1) is 7.83. The summed E-state index contributed by atoms with van der Waals surface area (Å²) in [5.74, 6) is 1.05. The lowest BCUT2D eigenvalue weighted by molar-refractivity contribution is 0.591. The third-order valence-corrected chi connectivity index (χ3v) is 3.68. The number of nitrogens with zero attached hydrogens (tertiary/aromatic N) is 4. The van der Waals surface area contributed by atoms with Gasteiger partial charge in [0, 0.05) is 30.2 Å². The van der Waals surface area contributed by atoms with E-state index >= 15 is 0 Å². The van der Waals surface area contributed by atoms with Gasteiger partial charge in [-0.2, -0.15) is 5.10 Å². The molecule has 1 atom stereocenters. The van der Waals surface area contributed by atoms with Crippen LogP contribution in [0.3, 0.4) is 0 Å². The highest BCUT2D eigenvalue weighted by molar-refractivity contribution is 9.09. The molecule has 2 aromatic rings. The molecule has 0 aromatic carbocycles. The zero-order valence-corrected chi connectivity index (χ0v) is 10.5. The highest BCUT2D eigenvalue weighted by atomic mass is 79.9. The second kappa shape index (κ2) is 4.05. The molecule has 3 rings (SSSR count). The van der Waals surface area contributed by atoms with E-state index in [4.69, 9.17) is 0 Å². The van der Waals surface area contributed by atoms with Crippen molar-refractivity contribution in [3.05, 3.63) is 24.5 Å². The van der Waals surface area contributed by atoms with Crippen molar-refractivity contribution in [2.45, 2.75) is 17.7 Å². The monoisotopic (exact) mass is 280 g/mol. The number of hydrogen-bond donors (Lipinski definition) is 0. The maximum Gasteiger partial charge on any atom is 0.157 e. The second-order valence-electron chi connectivity index (χ2n) is 4.11. The van der Waals surface area contributed by atoms with Gasteiger partial charge in [-0.05, 0) is 18.9 Å². The van der Waals surface area contributed by atoms with Crippen LogP contribution in [0.15, 0.2) is 24.5 Å². The van der Waals surface area contributed by atoms with Crippen molar-refractivity contribution in [3.8, 4) is 0 Å². The Morgan fingerprint density at radius 3 is 3.19 bits per heavy atom. The fraction of sp³-hybridized carbons (Fsp3) is 0.455. The fourth-order valence-electron chi connectivity index (χ4n) is 2.11. The average Bonchev–Trinajstić information content (AvgIpc) is 2.75. The van der Waals surface area contributed by atoms with Crippen LogP contribution in [-0.2, 0) is 0 Å². The Morgan fingerprint density at radius 1 is 1.38 bits per heavy atom. The van der Waals surface area contributed by atoms with Crippen molar-refractivity contribution in [2.75, 3.05) is 18.0 Å². The first-order valence-corrected chi connectivity index (χ1v) is 6.44. The first-order valence-electron chi connectivity index (χ1n) is 5.52. The maximum absolute atomic E-state index is 4.60. The molecule has 0 radical (unpaired) electrons. The molecule has 4 nitrogen and oxygen atoms in total. The van der Waals surface area contributed by atoms with E-state index < -0.39 is 0 Å². The third-order valence-electron chi connectivity index (χ3n) is 2.93. The SMILES string of the molecule is BrC1CCCN(c2ccn3nccc3n2)C1. The van der Waals surface area contributed by atoms with Crippen LogP contribution in [0, 0.1) is 0 Å². The number of aromatic nitrogens is 3. The molecular weight excluding hydrogens is 268 g/mol. The molecule has 1 unspecified atom stereocenters. The quantitative estimate of drug-likeness (QED) is 0.750. The highest BCUT2D eigenvalue weighted by Gasteiger charge is 2.18. The van der Waals surface area contributed by atoms with Gasteiger partial charge in [-0.15, -0.1) is 0 Å². The van der Waals surface area contributed by atoms with Gasteiger partial charge in [-0.25, -0.2) is 9.50 Å². The zero-order valence-electron chi connectivity index (χ0n) is 8.88. The summed E-state index contributed by atoms with van der Waals surface area (Å²) < 4.78 is 1.79. The Balaban J connectivity index is 1.92. The van der Waals surface area contributed by atoms with Crippen LogP contribution in [0.4, 0.5) is 5.82 Å². The molecule has 0 amide bonds. The molecule has 1 aliphatic heterocycles. The third kappa shape index (κ3) is 1.80. The zero-order chi connectivity index (χ0) is 11.0. The van der Waals surface area contributed by atoms with Crippen molar-refractivity contribution in [3.63, 3.8) is 0 Å². The number of rotatable bonds is 1. The van der Waals surface area contributed by atoms with Crippen molar-refractivity contribution < 1.29 is 0 Å². The molecule has 0 N–H and O–H groups in total. The Morgan fingerprint density at radius 2 is 2.31 bits per heavy atom. The summed E-state index contributed by atoms with van der Waals surface area (Å²) in [4.78, 5) is 7.52. The molecule has 5 heteroatoms. The lowest BCUT2D eigenvalue weighted by Gasteiger charge is -2.30. The highest BCUT2D eigenvalue weighted by Crippen LogP contribution is 2.21. The minimum Gasteiger partial charge on any atom is -0.355 e. The Kier molecular flexibility index (Phi) is 2.55. The smallest absolute Gasteiger partial charge is 0.157 e. The molecule has 0 aliphatic carbocycles. The summed E-state index contributed by atoms with van der Waals surface area (Å²) >= 11 is 3.68. The summed E-state index contributed by atoms with van der Waals surface area (Å²) in [5, 5.41) is 4.15. The van der Waals surface area contributed by atoms with Gasteiger partial charge in [0.2, 0.25) is 0 Å². The molecule has 1 aliphatic rings. The number of alkyl halides is 1. The van der Waals surface area contributed by atoms with Gasteiger partial charge in [0.15, 0.2) is 5.65 Å². The summed E-state index contributed by atoms with van der Waals surface area (Å²) in [7, 11) is 0. The Labute approximate surface area is 102 Å². The maximum atomic E-state index is 4.60. The van der Waals surface area contributed by atoms with Crippen LogP contribution in [-0.4, -0.2) is 32.5 Å². The predicted octanol–water partition coefficient (Wildman–Crippen LogP) is 2.09. The molecule has 1 fully saturated rings. The normalized spacial score (nSPS) is 21.6. The number of fused-ring (bicyclic) bond motifs is 1. The summed E-state index contributed by atoms with van der Waals surface area (Å²) in [6, 6.07) is 3.96. The number of halogens is 1. The van der Waals surface area contributed by atoms with E-state index in [-0.39, 0.29) is 0 Å². The van der Waals surface area contributed by atoms with E-state index in [1.807, 2.05) is 18.3 Å². The van der Waals surface area contributed by atoms with Crippen molar-refractivity contribution in [1.82, 2.24) is 14.6 Å². The number of hydrogen-bond acceptors (Lipinski definition) is 3. The minimum absolute atomic E-state index is 0.587. The number of piperidine rings is 1. The molecule has 0 bridgehead atoms. The standard InChI is InChI=1S/C11H13BrN4/c12-9-2-1-6-15(8-9)10-4-7-16-11(14-10)3-5-13-16/h3-5,7,9H,1-2,6,8H2. The van der Waals surface area contributed by atoms with Gasteiger partial charge >= 0.3 is 0 Å². The van der Waals surface area contributed by atoms with Crippen LogP contribution in [0.5, 0.6) is 0 Å². The van der Waals surface area contributed by atoms with Crippen molar-refractivity contribution in [1.29, 1.82) is 0 Å². The minimum atomic E-state index is 0.587. The predicted molar refractivity (Wildman–Crippen MR) is 67.1 cm³/mol. The van der Waals surface area contributed by atoms with E-state index in [0.29, 0.717) is 4.83 Å². The van der Waals surface area contributed by atoms with Crippen LogP contribution >= 0.6 is 15.9 Å². The van der Waals surface area contributed by atoms with Gasteiger partial charge in [0.1, 0.15) is 5.82 Å². The van der Waals surface area contributed by atoms with E-state index in [1.165, 1.54) is 12.8 Å². The van der Waals surface area contributed by atoms with Crippen LogP contribution in [0.25, 0.3) is 5.65 Å². The van der Waals surface area contributed by atoms with Gasteiger partial charge in [0.25, 0.3) is 0 Å². The number of anilines is 1. The lowest BCUT2D eigenvalue weighted by atomic mass is 10.1. The van der Waals surface area contributed by atoms with E-state index in [0.717, 1.165) is 24.6 Å². The topological polar surface area (TPSA) is 33.4 Å². The fourth-order valence-corrected chi connectivity index (χ4v) is 2.79. The Hall–Kier alpha value is -1.10. The molecule has 0 spiro atoms. The van der Waals surface area contributed by atoms with E-state index in [9.17, 15) is 0 Å². The molecule has 2 aromatic heterocycles. The van der Waals surface area contributed by atoms with E-state index in [2.05, 4.69) is 30.9 Å². The molecular formula is C11H13BrN4.